The van der Waals surface area contributed by atoms with Crippen molar-refractivity contribution in [2.24, 2.45) is 0 Å². The first-order chi connectivity index (χ1) is 9.79. The lowest BCUT2D eigenvalue weighted by Gasteiger charge is -2.40. The summed E-state index contributed by atoms with van der Waals surface area (Å²) in [7, 11) is -0.240. The monoisotopic (exact) mass is 322 g/mol. The zero-order valence-electron chi connectivity index (χ0n) is 16.0. The van der Waals surface area contributed by atoms with Crippen LogP contribution in [0, 0.1) is 0 Å². The lowest BCUT2D eigenvalue weighted by molar-refractivity contribution is 0.440. The topological polar surface area (TPSA) is 24.1 Å². The minimum Gasteiger partial charge on any atom is -0.358 e. The average molecular weight is 322 g/mol. The maximum Gasteiger partial charge on any atom is 0.0387 e. The van der Waals surface area contributed by atoms with E-state index < -0.39 is 0 Å². The van der Waals surface area contributed by atoms with E-state index in [4.69, 9.17) is 0 Å². The van der Waals surface area contributed by atoms with Crippen molar-refractivity contribution in [3.63, 3.8) is 0 Å². The molecule has 0 fully saturated rings. The van der Waals surface area contributed by atoms with Crippen LogP contribution in [0.4, 0.5) is 0 Å². The fourth-order valence-corrected chi connectivity index (χ4v) is 5.82. The molecular formula is C19H35N2P. The molecule has 2 nitrogen and oxygen atoms in total. The molecule has 1 aliphatic heterocycles. The smallest absolute Gasteiger partial charge is 0.0387 e. The minimum atomic E-state index is -0.240. The van der Waals surface area contributed by atoms with Gasteiger partial charge in [0.1, 0.15) is 0 Å². The number of hydrogen-bond acceptors (Lipinski definition) is 2. The third-order valence-corrected chi connectivity index (χ3v) is 6.83. The Balaban J connectivity index is 2.86. The molecule has 1 heterocycles. The van der Waals surface area contributed by atoms with Gasteiger partial charge in [-0.1, -0.05) is 55.5 Å². The predicted octanol–water partition coefficient (Wildman–Crippen LogP) is 5.34. The number of dihydropyridines is 1. The second-order valence-corrected chi connectivity index (χ2v) is 12.8. The van der Waals surface area contributed by atoms with Gasteiger partial charge in [-0.05, 0) is 49.1 Å². The molecule has 0 unspecified atom stereocenters. The van der Waals surface area contributed by atoms with Gasteiger partial charge in [-0.3, -0.25) is 0 Å². The quantitative estimate of drug-likeness (QED) is 0.686. The molecule has 0 spiro atoms. The summed E-state index contributed by atoms with van der Waals surface area (Å²) in [6.07, 6.45) is 6.50. The van der Waals surface area contributed by atoms with Gasteiger partial charge < -0.3 is 10.6 Å². The summed E-state index contributed by atoms with van der Waals surface area (Å²) in [5, 5.41) is 7.74. The van der Waals surface area contributed by atoms with Crippen molar-refractivity contribution in [2.75, 3.05) is 6.54 Å². The molecule has 2 N–H and O–H groups in total. The molecule has 0 aromatic carbocycles. The molecular weight excluding hydrogens is 287 g/mol. The van der Waals surface area contributed by atoms with Crippen LogP contribution in [0.15, 0.2) is 35.4 Å². The number of rotatable bonds is 3. The summed E-state index contributed by atoms with van der Waals surface area (Å²) in [5.41, 5.74) is 2.61. The molecule has 126 valence electrons. The van der Waals surface area contributed by atoms with E-state index in [1.54, 1.807) is 0 Å². The highest BCUT2D eigenvalue weighted by molar-refractivity contribution is 7.64. The van der Waals surface area contributed by atoms with Crippen LogP contribution < -0.4 is 10.6 Å². The third kappa shape index (κ3) is 6.67. The molecule has 0 atom stereocenters. The first-order valence-corrected chi connectivity index (χ1v) is 9.61. The Bertz CT molecular complexity index is 451. The van der Waals surface area contributed by atoms with Gasteiger partial charge in [-0.2, -0.15) is 0 Å². The van der Waals surface area contributed by atoms with E-state index in [1.165, 1.54) is 11.4 Å². The standard InChI is InChI=1S/C19H35N2P/c1-17(2,3)20-13-15-11-10-12-16(21-15)14-22(18(4,5)6)19(7,8)9/h10-12,14,20-21H,13H2,1-9H3. The van der Waals surface area contributed by atoms with Gasteiger partial charge in [0.05, 0.1) is 0 Å². The molecule has 0 saturated carbocycles. The van der Waals surface area contributed by atoms with Gasteiger partial charge in [0.15, 0.2) is 0 Å². The lowest BCUT2D eigenvalue weighted by atomic mass is 10.1. The lowest BCUT2D eigenvalue weighted by Crippen LogP contribution is -2.39. The zero-order chi connectivity index (χ0) is 17.2. The van der Waals surface area contributed by atoms with E-state index in [1.807, 2.05) is 0 Å². The Kier molecular flexibility index (Phi) is 6.09. The van der Waals surface area contributed by atoms with Crippen molar-refractivity contribution in [2.45, 2.75) is 78.2 Å². The van der Waals surface area contributed by atoms with Crippen molar-refractivity contribution >= 4 is 7.92 Å². The molecule has 0 amide bonds. The molecule has 1 aliphatic rings. The Labute approximate surface area is 139 Å². The highest BCUT2D eigenvalue weighted by Gasteiger charge is 2.33. The van der Waals surface area contributed by atoms with Crippen molar-refractivity contribution in [1.29, 1.82) is 0 Å². The number of nitrogens with one attached hydrogen (secondary N) is 2. The first kappa shape index (κ1) is 19.5. The highest BCUT2D eigenvalue weighted by atomic mass is 31.1. The maximum absolute atomic E-state index is 3.59. The van der Waals surface area contributed by atoms with Crippen LogP contribution in [-0.2, 0) is 0 Å². The average Bonchev–Trinajstić information content (AvgIpc) is 2.30. The fraction of sp³-hybridized carbons (Fsp3) is 0.684. The van der Waals surface area contributed by atoms with E-state index >= 15 is 0 Å². The number of allylic oxidation sites excluding steroid dienone is 3. The third-order valence-electron chi connectivity index (χ3n) is 3.40. The van der Waals surface area contributed by atoms with Crippen LogP contribution >= 0.6 is 7.92 Å². The van der Waals surface area contributed by atoms with Crippen molar-refractivity contribution in [3.05, 3.63) is 35.4 Å². The molecule has 0 aromatic rings. The first-order valence-electron chi connectivity index (χ1n) is 8.20. The SMILES string of the molecule is CC(C)(C)NCC1=CC=CC(=CP(C(C)(C)C)C(C)(C)C)N1. The van der Waals surface area contributed by atoms with E-state index in [2.05, 4.69) is 97.0 Å². The van der Waals surface area contributed by atoms with Gasteiger partial charge in [0, 0.05) is 23.5 Å². The van der Waals surface area contributed by atoms with Gasteiger partial charge in [0.2, 0.25) is 0 Å². The molecule has 0 bridgehead atoms. The zero-order valence-corrected chi connectivity index (χ0v) is 16.9. The summed E-state index contributed by atoms with van der Waals surface area (Å²) in [4.78, 5) is 0. The van der Waals surface area contributed by atoms with Crippen LogP contribution in [0.2, 0.25) is 0 Å². The molecule has 0 saturated heterocycles. The summed E-state index contributed by atoms with van der Waals surface area (Å²) in [6.45, 7) is 21.6. The van der Waals surface area contributed by atoms with Crippen LogP contribution in [0.5, 0.6) is 0 Å². The van der Waals surface area contributed by atoms with Crippen molar-refractivity contribution in [3.8, 4) is 0 Å². The molecule has 3 heteroatoms. The molecule has 0 radical (unpaired) electrons. The van der Waals surface area contributed by atoms with Crippen LogP contribution in [0.25, 0.3) is 0 Å². The Morgan fingerprint density at radius 1 is 1.00 bits per heavy atom. The molecule has 0 aliphatic carbocycles. The van der Waals surface area contributed by atoms with E-state index in [9.17, 15) is 0 Å². The Morgan fingerprint density at radius 2 is 1.55 bits per heavy atom. The summed E-state index contributed by atoms with van der Waals surface area (Å²) >= 11 is 0. The summed E-state index contributed by atoms with van der Waals surface area (Å²) < 4.78 is 0. The van der Waals surface area contributed by atoms with Gasteiger partial charge in [-0.25, -0.2) is 0 Å². The molecule has 0 aromatic heterocycles. The summed E-state index contributed by atoms with van der Waals surface area (Å²) in [6, 6.07) is 0. The normalized spacial score (nSPS) is 18.6. The maximum atomic E-state index is 3.59. The largest absolute Gasteiger partial charge is 0.358 e. The Morgan fingerprint density at radius 3 is 2.00 bits per heavy atom. The van der Waals surface area contributed by atoms with E-state index in [-0.39, 0.29) is 13.5 Å². The minimum absolute atomic E-state index is 0.136. The second kappa shape index (κ2) is 6.89. The fourth-order valence-electron chi connectivity index (χ4n) is 2.61. The van der Waals surface area contributed by atoms with E-state index in [0.29, 0.717) is 10.3 Å². The van der Waals surface area contributed by atoms with Crippen molar-refractivity contribution in [1.82, 2.24) is 10.6 Å². The van der Waals surface area contributed by atoms with Crippen LogP contribution in [0.1, 0.15) is 62.3 Å². The second-order valence-electron chi connectivity index (χ2n) is 9.08. The van der Waals surface area contributed by atoms with Gasteiger partial charge in [0.25, 0.3) is 0 Å². The number of hydrogen-bond donors (Lipinski definition) is 2. The Hall–Kier alpha value is -0.590. The van der Waals surface area contributed by atoms with Crippen molar-refractivity contribution < 1.29 is 0 Å². The molecule has 22 heavy (non-hydrogen) atoms. The summed E-state index contributed by atoms with van der Waals surface area (Å²) in [5.74, 6) is 2.47. The van der Waals surface area contributed by atoms with Crippen LogP contribution in [0.3, 0.4) is 0 Å². The highest BCUT2D eigenvalue weighted by Crippen LogP contribution is 2.60. The molecule has 1 rings (SSSR count). The van der Waals surface area contributed by atoms with Gasteiger partial charge >= 0.3 is 0 Å². The van der Waals surface area contributed by atoms with Crippen LogP contribution in [-0.4, -0.2) is 22.4 Å². The van der Waals surface area contributed by atoms with Gasteiger partial charge in [-0.15, -0.1) is 0 Å². The van der Waals surface area contributed by atoms with E-state index in [0.717, 1.165) is 6.54 Å². The predicted molar refractivity (Wildman–Crippen MR) is 103 cm³/mol.